The highest BCUT2D eigenvalue weighted by Crippen LogP contribution is 2.30. The van der Waals surface area contributed by atoms with Crippen molar-refractivity contribution in [3.63, 3.8) is 0 Å². The predicted molar refractivity (Wildman–Crippen MR) is 83.3 cm³/mol. The van der Waals surface area contributed by atoms with Gasteiger partial charge in [0.15, 0.2) is 11.5 Å². The minimum absolute atomic E-state index is 0.0514. The minimum atomic E-state index is -3.46. The lowest BCUT2D eigenvalue weighted by atomic mass is 10.1. The van der Waals surface area contributed by atoms with Gasteiger partial charge in [-0.15, -0.1) is 0 Å². The summed E-state index contributed by atoms with van der Waals surface area (Å²) in [6.07, 6.45) is 2.60. The van der Waals surface area contributed by atoms with Crippen LogP contribution < -0.4 is 14.2 Å². The highest BCUT2D eigenvalue weighted by Gasteiger charge is 2.30. The molecule has 2 aliphatic rings. The second kappa shape index (κ2) is 6.44. The molecular formula is C15H22N2O4S. The maximum Gasteiger partial charge on any atom is 0.279 e. The summed E-state index contributed by atoms with van der Waals surface area (Å²) >= 11 is 0. The Morgan fingerprint density at radius 3 is 2.82 bits per heavy atom. The zero-order valence-corrected chi connectivity index (χ0v) is 13.5. The third kappa shape index (κ3) is 3.37. The zero-order chi connectivity index (χ0) is 15.6. The average molecular weight is 326 g/mol. The summed E-state index contributed by atoms with van der Waals surface area (Å²) in [5.41, 5.74) is 0. The summed E-state index contributed by atoms with van der Waals surface area (Å²) in [5, 5.41) is 0. The number of fused-ring (bicyclic) bond motifs is 1. The Morgan fingerprint density at radius 1 is 1.27 bits per heavy atom. The van der Waals surface area contributed by atoms with Gasteiger partial charge in [-0.05, 0) is 31.9 Å². The molecule has 0 aliphatic carbocycles. The average Bonchev–Trinajstić information content (AvgIpc) is 2.53. The van der Waals surface area contributed by atoms with Gasteiger partial charge >= 0.3 is 0 Å². The summed E-state index contributed by atoms with van der Waals surface area (Å²) in [6.45, 7) is 3.09. The van der Waals surface area contributed by atoms with Crippen LogP contribution in [0.4, 0.5) is 0 Å². The van der Waals surface area contributed by atoms with Crippen molar-refractivity contribution in [1.29, 1.82) is 0 Å². The Labute approximate surface area is 131 Å². The molecule has 3 rings (SSSR count). The van der Waals surface area contributed by atoms with E-state index in [1.165, 1.54) is 0 Å². The van der Waals surface area contributed by atoms with Crippen LogP contribution in [0.3, 0.4) is 0 Å². The van der Waals surface area contributed by atoms with E-state index in [-0.39, 0.29) is 18.7 Å². The maximum atomic E-state index is 12.4. The molecule has 1 saturated heterocycles. The van der Waals surface area contributed by atoms with Crippen LogP contribution in [0.25, 0.3) is 0 Å². The molecule has 1 aromatic rings. The molecule has 0 unspecified atom stereocenters. The number of nitrogens with one attached hydrogen (secondary N) is 1. The van der Waals surface area contributed by atoms with E-state index in [1.807, 2.05) is 31.2 Å². The van der Waals surface area contributed by atoms with Gasteiger partial charge in [0.05, 0.1) is 6.54 Å². The number of para-hydroxylation sites is 2. The normalized spacial score (nSPS) is 25.9. The van der Waals surface area contributed by atoms with Gasteiger partial charge in [0.1, 0.15) is 12.7 Å². The largest absolute Gasteiger partial charge is 0.486 e. The van der Waals surface area contributed by atoms with E-state index in [2.05, 4.69) is 4.72 Å². The summed E-state index contributed by atoms with van der Waals surface area (Å²) in [5.74, 6) is 1.36. The summed E-state index contributed by atoms with van der Waals surface area (Å²) in [4.78, 5) is 0. The van der Waals surface area contributed by atoms with Gasteiger partial charge in [-0.3, -0.25) is 0 Å². The van der Waals surface area contributed by atoms with Crippen molar-refractivity contribution in [2.24, 2.45) is 0 Å². The number of piperidine rings is 1. The molecule has 1 aromatic carbocycles. The van der Waals surface area contributed by atoms with Crippen LogP contribution in [0, 0.1) is 0 Å². The molecule has 1 N–H and O–H groups in total. The Hall–Kier alpha value is -1.31. The third-order valence-electron chi connectivity index (χ3n) is 4.11. The van der Waals surface area contributed by atoms with E-state index >= 15 is 0 Å². The van der Waals surface area contributed by atoms with Gasteiger partial charge in [0.25, 0.3) is 10.2 Å². The number of hydrogen-bond acceptors (Lipinski definition) is 4. The number of hydrogen-bond donors (Lipinski definition) is 1. The van der Waals surface area contributed by atoms with E-state index < -0.39 is 10.2 Å². The predicted octanol–water partition coefficient (Wildman–Crippen LogP) is 1.54. The monoisotopic (exact) mass is 326 g/mol. The van der Waals surface area contributed by atoms with Gasteiger partial charge in [0, 0.05) is 12.6 Å². The van der Waals surface area contributed by atoms with E-state index in [9.17, 15) is 8.42 Å². The highest BCUT2D eigenvalue weighted by molar-refractivity contribution is 7.87. The van der Waals surface area contributed by atoms with E-state index in [1.54, 1.807) is 4.31 Å². The SMILES string of the molecule is C[C@H]1CCCCN1S(=O)(=O)NC[C@@H]1COc2ccccc2O1. The first-order valence-corrected chi connectivity index (χ1v) is 9.15. The fourth-order valence-electron chi connectivity index (χ4n) is 2.87. The fraction of sp³-hybridized carbons (Fsp3) is 0.600. The quantitative estimate of drug-likeness (QED) is 0.911. The lowest BCUT2D eigenvalue weighted by Crippen LogP contribution is -2.50. The summed E-state index contributed by atoms with van der Waals surface area (Å²) in [7, 11) is -3.46. The molecule has 0 amide bonds. The van der Waals surface area contributed by atoms with E-state index in [4.69, 9.17) is 9.47 Å². The molecule has 0 radical (unpaired) electrons. The first-order chi connectivity index (χ1) is 10.6. The smallest absolute Gasteiger partial charge is 0.279 e. The molecule has 1 fully saturated rings. The molecule has 7 heteroatoms. The molecule has 2 heterocycles. The Bertz CT molecular complexity index is 620. The first-order valence-electron chi connectivity index (χ1n) is 7.71. The lowest BCUT2D eigenvalue weighted by Gasteiger charge is -2.33. The zero-order valence-electron chi connectivity index (χ0n) is 12.7. The van der Waals surface area contributed by atoms with Crippen molar-refractivity contribution in [1.82, 2.24) is 9.03 Å². The van der Waals surface area contributed by atoms with Gasteiger partial charge in [-0.2, -0.15) is 17.4 Å². The van der Waals surface area contributed by atoms with E-state index in [0.717, 1.165) is 19.3 Å². The van der Waals surface area contributed by atoms with Crippen molar-refractivity contribution >= 4 is 10.2 Å². The van der Waals surface area contributed by atoms with Gasteiger partial charge in [0.2, 0.25) is 0 Å². The van der Waals surface area contributed by atoms with Crippen LogP contribution in [0.1, 0.15) is 26.2 Å². The van der Waals surface area contributed by atoms with E-state index in [0.29, 0.717) is 24.7 Å². The number of ether oxygens (including phenoxy) is 2. The number of nitrogens with zero attached hydrogens (tertiary/aromatic N) is 1. The van der Waals surface area contributed by atoms with Gasteiger partial charge < -0.3 is 9.47 Å². The Balaban J connectivity index is 1.58. The van der Waals surface area contributed by atoms with Crippen LogP contribution in [-0.2, 0) is 10.2 Å². The topological polar surface area (TPSA) is 67.9 Å². The molecule has 6 nitrogen and oxygen atoms in total. The van der Waals surface area contributed by atoms with Crippen LogP contribution in [0.15, 0.2) is 24.3 Å². The maximum absolute atomic E-state index is 12.4. The molecule has 2 aliphatic heterocycles. The molecule has 0 spiro atoms. The number of benzene rings is 1. The molecule has 0 aromatic heterocycles. The second-order valence-corrected chi connectivity index (χ2v) is 7.51. The van der Waals surface area contributed by atoms with Crippen LogP contribution in [0.5, 0.6) is 11.5 Å². The standard InChI is InChI=1S/C15H22N2O4S/c1-12-6-4-5-9-17(12)22(18,19)16-10-13-11-20-14-7-2-3-8-15(14)21-13/h2-3,7-8,12-13,16H,4-6,9-11H2,1H3/t12-,13+/m0/s1. The van der Waals surface area contributed by atoms with Crippen molar-refractivity contribution in [3.05, 3.63) is 24.3 Å². The van der Waals surface area contributed by atoms with Crippen molar-refractivity contribution in [2.75, 3.05) is 19.7 Å². The molecule has 0 saturated carbocycles. The molecule has 0 bridgehead atoms. The van der Waals surface area contributed by atoms with Gasteiger partial charge in [-0.1, -0.05) is 18.6 Å². The van der Waals surface area contributed by atoms with Gasteiger partial charge in [-0.25, -0.2) is 0 Å². The van der Waals surface area contributed by atoms with Crippen LogP contribution in [0.2, 0.25) is 0 Å². The molecule has 22 heavy (non-hydrogen) atoms. The minimum Gasteiger partial charge on any atom is -0.486 e. The molecular weight excluding hydrogens is 304 g/mol. The van der Waals surface area contributed by atoms with Crippen LogP contribution in [-0.4, -0.2) is 44.6 Å². The Kier molecular flexibility index (Phi) is 4.56. The fourth-order valence-corrected chi connectivity index (χ4v) is 4.38. The summed E-state index contributed by atoms with van der Waals surface area (Å²) in [6, 6.07) is 7.46. The molecule has 2 atom stereocenters. The van der Waals surface area contributed by atoms with Crippen molar-refractivity contribution < 1.29 is 17.9 Å². The third-order valence-corrected chi connectivity index (χ3v) is 5.80. The number of rotatable bonds is 4. The van der Waals surface area contributed by atoms with Crippen molar-refractivity contribution in [3.8, 4) is 11.5 Å². The first kappa shape index (κ1) is 15.6. The van der Waals surface area contributed by atoms with Crippen LogP contribution >= 0.6 is 0 Å². The highest BCUT2D eigenvalue weighted by atomic mass is 32.2. The lowest BCUT2D eigenvalue weighted by molar-refractivity contribution is 0.0937. The second-order valence-electron chi connectivity index (χ2n) is 5.81. The van der Waals surface area contributed by atoms with Crippen molar-refractivity contribution in [2.45, 2.75) is 38.3 Å². The molecule has 122 valence electrons. The summed E-state index contributed by atoms with van der Waals surface area (Å²) < 4.78 is 40.4. The Morgan fingerprint density at radius 2 is 2.05 bits per heavy atom.